The number of carbonyl (C=O) groups excluding carboxylic acids is 2. The van der Waals surface area contributed by atoms with Gasteiger partial charge in [0.05, 0.1) is 18.2 Å². The lowest BCUT2D eigenvalue weighted by Gasteiger charge is -2.41. The van der Waals surface area contributed by atoms with E-state index in [1.165, 1.54) is 28.3 Å². The summed E-state index contributed by atoms with van der Waals surface area (Å²) >= 11 is 0. The second-order valence-electron chi connectivity index (χ2n) is 8.97. The van der Waals surface area contributed by atoms with Crippen LogP contribution in [0.1, 0.15) is 24.1 Å². The van der Waals surface area contributed by atoms with Gasteiger partial charge >= 0.3 is 12.0 Å². The number of halogens is 1. The number of urea groups is 1. The van der Waals surface area contributed by atoms with Crippen molar-refractivity contribution in [1.29, 1.82) is 0 Å². The molecule has 0 saturated carbocycles. The van der Waals surface area contributed by atoms with E-state index in [1.54, 1.807) is 25.1 Å². The molecule has 0 bridgehead atoms. The van der Waals surface area contributed by atoms with Crippen molar-refractivity contribution in [2.45, 2.75) is 19.9 Å². The number of aryl methyl sites for hydroxylation is 1. The Balaban J connectivity index is 1.66. The molecule has 2 aliphatic heterocycles. The Bertz CT molecular complexity index is 1160. The van der Waals surface area contributed by atoms with Crippen LogP contribution in [0.2, 0.25) is 0 Å². The predicted octanol–water partition coefficient (Wildman–Crippen LogP) is 4.03. The zero-order valence-corrected chi connectivity index (χ0v) is 20.9. The number of hydrogen-bond donors (Lipinski definition) is 1. The van der Waals surface area contributed by atoms with Gasteiger partial charge in [-0.05, 0) is 43.2 Å². The van der Waals surface area contributed by atoms with Crippen molar-refractivity contribution in [1.82, 2.24) is 15.1 Å². The summed E-state index contributed by atoms with van der Waals surface area (Å²) in [5.41, 5.74) is 3.84. The number of rotatable bonds is 8. The van der Waals surface area contributed by atoms with Crippen molar-refractivity contribution in [3.63, 3.8) is 0 Å². The van der Waals surface area contributed by atoms with Crippen LogP contribution in [0.15, 0.2) is 72.5 Å². The molecule has 2 aliphatic rings. The van der Waals surface area contributed by atoms with Gasteiger partial charge in [0, 0.05) is 50.7 Å². The number of para-hydroxylation sites is 1. The second-order valence-corrected chi connectivity index (χ2v) is 8.97. The molecule has 2 aromatic carbocycles. The first-order chi connectivity index (χ1) is 17.4. The van der Waals surface area contributed by atoms with Crippen molar-refractivity contribution in [2.75, 3.05) is 50.8 Å². The summed E-state index contributed by atoms with van der Waals surface area (Å²) in [4.78, 5) is 32.5. The fourth-order valence-electron chi connectivity index (χ4n) is 4.86. The molecule has 190 valence electrons. The van der Waals surface area contributed by atoms with Crippen LogP contribution in [0, 0.1) is 12.7 Å². The van der Waals surface area contributed by atoms with Gasteiger partial charge in [-0.2, -0.15) is 0 Å². The highest BCUT2D eigenvalue weighted by molar-refractivity contribution is 5.95. The zero-order chi connectivity index (χ0) is 25.7. The first-order valence-corrected chi connectivity index (χ1v) is 12.3. The molecule has 1 saturated heterocycles. The molecule has 7 nitrogen and oxygen atoms in total. The topological polar surface area (TPSA) is 65.1 Å². The van der Waals surface area contributed by atoms with Gasteiger partial charge in [0.25, 0.3) is 0 Å². The molecule has 2 amide bonds. The van der Waals surface area contributed by atoms with Crippen LogP contribution in [-0.2, 0) is 9.53 Å². The molecule has 1 fully saturated rings. The van der Waals surface area contributed by atoms with Crippen molar-refractivity contribution in [3.05, 3.63) is 89.4 Å². The second kappa shape index (κ2) is 11.4. The average molecular weight is 493 g/mol. The highest BCUT2D eigenvalue weighted by Crippen LogP contribution is 2.33. The Hall–Kier alpha value is -3.65. The monoisotopic (exact) mass is 492 g/mol. The zero-order valence-electron chi connectivity index (χ0n) is 20.9. The lowest BCUT2D eigenvalue weighted by Crippen LogP contribution is -2.53. The van der Waals surface area contributed by atoms with Gasteiger partial charge in [0.2, 0.25) is 0 Å². The number of ether oxygens (including phenoxy) is 1. The average Bonchev–Trinajstić information content (AvgIpc) is 2.87. The maximum atomic E-state index is 14.1. The molecule has 1 N–H and O–H groups in total. The fraction of sp³-hybridized carbons (Fsp3) is 0.357. The van der Waals surface area contributed by atoms with Gasteiger partial charge in [-0.15, -0.1) is 6.58 Å². The van der Waals surface area contributed by atoms with Crippen molar-refractivity contribution in [2.24, 2.45) is 0 Å². The lowest BCUT2D eigenvalue weighted by atomic mass is 9.94. The summed E-state index contributed by atoms with van der Waals surface area (Å²) in [5, 5.41) is 2.87. The highest BCUT2D eigenvalue weighted by atomic mass is 19.1. The standard InChI is InChI=1S/C28H33FN4O3/c1-4-13-33-24(19-31-14-16-32(17-15-31)23-12-7-6-9-20(23)3)25(27(34)36-5-2)26(30-28(33)35)21-10-8-11-22(29)18-21/h4,6-12,18,26H,1,5,13-17,19H2,2-3H3,(H,30,35). The van der Waals surface area contributed by atoms with Crippen LogP contribution >= 0.6 is 0 Å². The molecule has 0 spiro atoms. The van der Waals surface area contributed by atoms with Crippen molar-refractivity contribution < 1.29 is 18.7 Å². The molecule has 2 heterocycles. The van der Waals surface area contributed by atoms with E-state index in [-0.39, 0.29) is 19.2 Å². The van der Waals surface area contributed by atoms with E-state index in [0.717, 1.165) is 26.2 Å². The smallest absolute Gasteiger partial charge is 0.338 e. The molecule has 4 rings (SSSR count). The third-order valence-electron chi connectivity index (χ3n) is 6.63. The van der Waals surface area contributed by atoms with Crippen molar-refractivity contribution in [3.8, 4) is 0 Å². The van der Waals surface area contributed by atoms with Crippen LogP contribution in [0.5, 0.6) is 0 Å². The third kappa shape index (κ3) is 5.44. The molecule has 0 aromatic heterocycles. The Morgan fingerprint density at radius 1 is 1.17 bits per heavy atom. The number of esters is 1. The Labute approximate surface area is 211 Å². The van der Waals surface area contributed by atoms with Gasteiger partial charge in [-0.3, -0.25) is 9.80 Å². The predicted molar refractivity (Wildman–Crippen MR) is 138 cm³/mol. The molecular formula is C28H33FN4O3. The van der Waals surface area contributed by atoms with E-state index in [4.69, 9.17) is 4.74 Å². The molecule has 8 heteroatoms. The maximum Gasteiger partial charge on any atom is 0.338 e. The summed E-state index contributed by atoms with van der Waals surface area (Å²) in [6, 6.07) is 13.1. The number of anilines is 1. The minimum atomic E-state index is -0.809. The summed E-state index contributed by atoms with van der Waals surface area (Å²) in [6.07, 6.45) is 1.63. The minimum absolute atomic E-state index is 0.190. The number of nitrogens with zero attached hydrogens (tertiary/aromatic N) is 3. The Kier molecular flexibility index (Phi) is 8.05. The molecule has 1 atom stereocenters. The number of nitrogens with one attached hydrogen (secondary N) is 1. The van der Waals surface area contributed by atoms with Crippen LogP contribution < -0.4 is 10.2 Å². The molecule has 1 unspecified atom stereocenters. The van der Waals surface area contributed by atoms with E-state index >= 15 is 0 Å². The number of hydrogen-bond acceptors (Lipinski definition) is 5. The van der Waals surface area contributed by atoms with Crippen LogP contribution in [0.3, 0.4) is 0 Å². The SMILES string of the molecule is C=CCN1C(=O)NC(c2cccc(F)c2)C(C(=O)OCC)=C1CN1CCN(c2ccccc2C)CC1. The summed E-state index contributed by atoms with van der Waals surface area (Å²) in [6.45, 7) is 11.6. The highest BCUT2D eigenvalue weighted by Gasteiger charge is 2.38. The van der Waals surface area contributed by atoms with E-state index in [1.807, 2.05) is 12.1 Å². The number of carbonyl (C=O) groups is 2. The Morgan fingerprint density at radius 3 is 2.58 bits per heavy atom. The van der Waals surface area contributed by atoms with Crippen molar-refractivity contribution >= 4 is 17.7 Å². The van der Waals surface area contributed by atoms with E-state index < -0.39 is 17.8 Å². The first kappa shape index (κ1) is 25.4. The number of benzene rings is 2. The quantitative estimate of drug-likeness (QED) is 0.445. The third-order valence-corrected chi connectivity index (χ3v) is 6.63. The van der Waals surface area contributed by atoms with Gasteiger partial charge in [-0.1, -0.05) is 36.4 Å². The molecular weight excluding hydrogens is 459 g/mol. The van der Waals surface area contributed by atoms with Crippen LogP contribution in [-0.4, -0.2) is 67.7 Å². The van der Waals surface area contributed by atoms with Gasteiger partial charge in [-0.25, -0.2) is 14.0 Å². The molecule has 0 aliphatic carbocycles. The van der Waals surface area contributed by atoms with E-state index in [2.05, 4.69) is 40.8 Å². The largest absolute Gasteiger partial charge is 0.463 e. The van der Waals surface area contributed by atoms with E-state index in [9.17, 15) is 14.0 Å². The summed E-state index contributed by atoms with van der Waals surface area (Å²) < 4.78 is 19.5. The van der Waals surface area contributed by atoms with E-state index in [0.29, 0.717) is 23.4 Å². The summed E-state index contributed by atoms with van der Waals surface area (Å²) in [7, 11) is 0. The van der Waals surface area contributed by atoms with Crippen LogP contribution in [0.25, 0.3) is 0 Å². The van der Waals surface area contributed by atoms with Gasteiger partial charge < -0.3 is 15.0 Å². The number of amides is 2. The summed E-state index contributed by atoms with van der Waals surface area (Å²) in [5.74, 6) is -0.957. The molecule has 36 heavy (non-hydrogen) atoms. The fourth-order valence-corrected chi connectivity index (χ4v) is 4.86. The molecule has 2 aromatic rings. The van der Waals surface area contributed by atoms with Gasteiger partial charge in [0.15, 0.2) is 0 Å². The number of piperazine rings is 1. The normalized spacial score (nSPS) is 18.8. The lowest BCUT2D eigenvalue weighted by molar-refractivity contribution is -0.139. The minimum Gasteiger partial charge on any atom is -0.463 e. The maximum absolute atomic E-state index is 14.1. The molecule has 0 radical (unpaired) electrons. The van der Waals surface area contributed by atoms with Gasteiger partial charge in [0.1, 0.15) is 5.82 Å². The Morgan fingerprint density at radius 2 is 1.92 bits per heavy atom. The first-order valence-electron chi connectivity index (χ1n) is 12.3. The van der Waals surface area contributed by atoms with Crippen LogP contribution in [0.4, 0.5) is 14.9 Å².